The number of carbonyl (C=O) groups is 2. The Bertz CT molecular complexity index is 611. The highest BCUT2D eigenvalue weighted by atomic mass is 32.2. The van der Waals surface area contributed by atoms with Crippen molar-refractivity contribution >= 4 is 23.6 Å². The molecule has 25 heavy (non-hydrogen) atoms. The van der Waals surface area contributed by atoms with Crippen molar-refractivity contribution in [3.05, 3.63) is 35.9 Å². The first-order chi connectivity index (χ1) is 12.1. The van der Waals surface area contributed by atoms with E-state index in [9.17, 15) is 9.59 Å². The molecule has 0 N–H and O–H groups in total. The van der Waals surface area contributed by atoms with E-state index in [0.717, 1.165) is 50.1 Å². The van der Waals surface area contributed by atoms with Crippen molar-refractivity contribution < 1.29 is 9.59 Å². The molecule has 2 saturated heterocycles. The van der Waals surface area contributed by atoms with Crippen molar-refractivity contribution in [1.82, 2.24) is 9.80 Å². The maximum Gasteiger partial charge on any atom is 0.232 e. The Morgan fingerprint density at radius 3 is 2.56 bits per heavy atom. The summed E-state index contributed by atoms with van der Waals surface area (Å²) in [5.41, 5.74) is 1.04. The summed E-state index contributed by atoms with van der Waals surface area (Å²) in [5, 5.41) is 0. The molecule has 2 aliphatic heterocycles. The number of piperidine rings is 1. The van der Waals surface area contributed by atoms with Crippen LogP contribution in [0.1, 0.15) is 44.1 Å². The highest BCUT2D eigenvalue weighted by molar-refractivity contribution is 7.99. The number of carbonyl (C=O) groups excluding carboxylic acids is 2. The Morgan fingerprint density at radius 2 is 1.92 bits per heavy atom. The van der Waals surface area contributed by atoms with E-state index in [0.29, 0.717) is 5.75 Å². The molecule has 0 radical (unpaired) electrons. The third-order valence-electron chi connectivity index (χ3n) is 5.75. The second kappa shape index (κ2) is 7.81. The summed E-state index contributed by atoms with van der Waals surface area (Å²) in [7, 11) is 1.94. The number of nitrogens with zero attached hydrogens (tertiary/aromatic N) is 2. The summed E-state index contributed by atoms with van der Waals surface area (Å²) in [5.74, 6) is 2.07. The zero-order valence-electron chi connectivity index (χ0n) is 15.2. The first kappa shape index (κ1) is 18.3. The van der Waals surface area contributed by atoms with Crippen LogP contribution in [0.3, 0.4) is 0 Å². The second-order valence-corrected chi connectivity index (χ2v) is 8.33. The van der Waals surface area contributed by atoms with Gasteiger partial charge in [-0.15, -0.1) is 0 Å². The fourth-order valence-electron chi connectivity index (χ4n) is 4.12. The van der Waals surface area contributed by atoms with E-state index < -0.39 is 0 Å². The van der Waals surface area contributed by atoms with Gasteiger partial charge < -0.3 is 9.80 Å². The predicted molar refractivity (Wildman–Crippen MR) is 103 cm³/mol. The summed E-state index contributed by atoms with van der Waals surface area (Å²) >= 11 is 1.72. The summed E-state index contributed by atoms with van der Waals surface area (Å²) in [6.07, 6.45) is 3.76. The topological polar surface area (TPSA) is 40.6 Å². The monoisotopic (exact) mass is 360 g/mol. The van der Waals surface area contributed by atoms with E-state index in [4.69, 9.17) is 0 Å². The first-order valence-corrected chi connectivity index (χ1v) is 10.4. The normalized spacial score (nSPS) is 22.6. The number of thioether (sulfide) groups is 1. The van der Waals surface area contributed by atoms with Gasteiger partial charge in [-0.1, -0.05) is 37.3 Å². The highest BCUT2D eigenvalue weighted by Gasteiger charge is 2.50. The molecule has 2 amide bonds. The first-order valence-electron chi connectivity index (χ1n) is 9.25. The van der Waals surface area contributed by atoms with Crippen molar-refractivity contribution in [2.45, 2.75) is 44.1 Å². The van der Waals surface area contributed by atoms with Gasteiger partial charge in [0.25, 0.3) is 0 Å². The average Bonchev–Trinajstić information content (AvgIpc) is 2.88. The highest BCUT2D eigenvalue weighted by Crippen LogP contribution is 2.44. The predicted octanol–water partition coefficient (Wildman–Crippen LogP) is 3.14. The maximum atomic E-state index is 12.8. The van der Waals surface area contributed by atoms with Crippen LogP contribution in [0.2, 0.25) is 0 Å². The lowest BCUT2D eigenvalue weighted by atomic mass is 9.81. The molecular weight excluding hydrogens is 332 g/mol. The van der Waals surface area contributed by atoms with E-state index in [1.54, 1.807) is 11.8 Å². The Morgan fingerprint density at radius 1 is 1.24 bits per heavy atom. The molecule has 1 aromatic rings. The molecule has 0 aliphatic carbocycles. The number of hydrogen-bond acceptors (Lipinski definition) is 3. The molecule has 0 bridgehead atoms. The Hall–Kier alpha value is -1.49. The second-order valence-electron chi connectivity index (χ2n) is 7.22. The van der Waals surface area contributed by atoms with Crippen LogP contribution in [0.4, 0.5) is 0 Å². The average molecular weight is 361 g/mol. The standard InChI is InChI=1S/C20H28N2O2S/c1-3-13-25-15-18(23)22-11-9-20(10-12-22)14-17(19(24)21(20)2)16-7-5-4-6-8-16/h4-8,17H,3,9-15H2,1-2H3. The van der Waals surface area contributed by atoms with Gasteiger partial charge in [0.1, 0.15) is 0 Å². The molecule has 0 saturated carbocycles. The van der Waals surface area contributed by atoms with Gasteiger partial charge in [-0.25, -0.2) is 0 Å². The van der Waals surface area contributed by atoms with Crippen LogP contribution >= 0.6 is 11.8 Å². The molecule has 2 aliphatic rings. The van der Waals surface area contributed by atoms with Crippen LogP contribution in [0.25, 0.3) is 0 Å². The molecule has 2 fully saturated rings. The van der Waals surface area contributed by atoms with Gasteiger partial charge in [-0.3, -0.25) is 9.59 Å². The zero-order valence-corrected chi connectivity index (χ0v) is 16.1. The van der Waals surface area contributed by atoms with E-state index >= 15 is 0 Å². The Labute approximate surface area is 154 Å². The van der Waals surface area contributed by atoms with Crippen LogP contribution in [0.5, 0.6) is 0 Å². The molecule has 2 heterocycles. The molecular formula is C20H28N2O2S. The van der Waals surface area contributed by atoms with Crippen LogP contribution in [0, 0.1) is 0 Å². The molecule has 3 rings (SSSR count). The molecule has 0 aromatic heterocycles. The number of likely N-dealkylation sites (N-methyl/N-ethyl adjacent to an activating group) is 1. The van der Waals surface area contributed by atoms with Gasteiger partial charge in [0.2, 0.25) is 11.8 Å². The van der Waals surface area contributed by atoms with Crippen molar-refractivity contribution in [3.8, 4) is 0 Å². The molecule has 1 aromatic carbocycles. The van der Waals surface area contributed by atoms with Gasteiger partial charge >= 0.3 is 0 Å². The van der Waals surface area contributed by atoms with E-state index in [-0.39, 0.29) is 23.3 Å². The SMILES string of the molecule is CCCSCC(=O)N1CCC2(CC1)CC(c1ccccc1)C(=O)N2C. The van der Waals surface area contributed by atoms with Crippen LogP contribution in [-0.2, 0) is 9.59 Å². The minimum Gasteiger partial charge on any atom is -0.342 e. The molecule has 4 nitrogen and oxygen atoms in total. The largest absolute Gasteiger partial charge is 0.342 e. The number of hydrogen-bond donors (Lipinski definition) is 0. The molecule has 1 atom stereocenters. The third kappa shape index (κ3) is 3.71. The van der Waals surface area contributed by atoms with E-state index in [2.05, 4.69) is 19.1 Å². The van der Waals surface area contributed by atoms with Gasteiger partial charge in [-0.05, 0) is 37.0 Å². The molecule has 1 unspecified atom stereocenters. The molecule has 1 spiro atoms. The summed E-state index contributed by atoms with van der Waals surface area (Å²) in [4.78, 5) is 29.1. The number of rotatable bonds is 5. The lowest BCUT2D eigenvalue weighted by Crippen LogP contribution is -2.53. The summed E-state index contributed by atoms with van der Waals surface area (Å²) < 4.78 is 0. The van der Waals surface area contributed by atoms with E-state index in [1.165, 1.54) is 0 Å². The fourth-order valence-corrected chi connectivity index (χ4v) is 4.91. The van der Waals surface area contributed by atoms with Crippen LogP contribution in [0.15, 0.2) is 30.3 Å². The van der Waals surface area contributed by atoms with Gasteiger partial charge in [-0.2, -0.15) is 11.8 Å². The van der Waals surface area contributed by atoms with Crippen molar-refractivity contribution in [3.63, 3.8) is 0 Å². The van der Waals surface area contributed by atoms with Crippen LogP contribution in [-0.4, -0.2) is 58.8 Å². The smallest absolute Gasteiger partial charge is 0.232 e. The number of amides is 2. The van der Waals surface area contributed by atoms with E-state index in [1.807, 2.05) is 35.0 Å². The number of likely N-dealkylation sites (tertiary alicyclic amines) is 2. The molecule has 136 valence electrons. The van der Waals surface area contributed by atoms with Gasteiger partial charge in [0.15, 0.2) is 0 Å². The zero-order chi connectivity index (χ0) is 17.9. The van der Waals surface area contributed by atoms with Gasteiger partial charge in [0, 0.05) is 25.7 Å². The van der Waals surface area contributed by atoms with Crippen molar-refractivity contribution in [2.24, 2.45) is 0 Å². The van der Waals surface area contributed by atoms with Gasteiger partial charge in [0.05, 0.1) is 11.7 Å². The minimum atomic E-state index is -0.0784. The van der Waals surface area contributed by atoms with Crippen molar-refractivity contribution in [1.29, 1.82) is 0 Å². The summed E-state index contributed by atoms with van der Waals surface area (Å²) in [6, 6.07) is 10.1. The minimum absolute atomic E-state index is 0.0337. The Kier molecular flexibility index (Phi) is 5.72. The van der Waals surface area contributed by atoms with Crippen molar-refractivity contribution in [2.75, 3.05) is 31.6 Å². The Balaban J connectivity index is 1.62. The quantitative estimate of drug-likeness (QED) is 0.758. The van der Waals surface area contributed by atoms with Crippen LogP contribution < -0.4 is 0 Å². The summed E-state index contributed by atoms with van der Waals surface area (Å²) in [6.45, 7) is 3.67. The number of benzene rings is 1. The lowest BCUT2D eigenvalue weighted by molar-refractivity contribution is -0.134. The lowest BCUT2D eigenvalue weighted by Gasteiger charge is -2.43. The third-order valence-corrected chi connectivity index (χ3v) is 6.90. The maximum absolute atomic E-state index is 12.8. The molecule has 5 heteroatoms. The fraction of sp³-hybridized carbons (Fsp3) is 0.600.